The first-order valence-corrected chi connectivity index (χ1v) is 5.59. The van der Waals surface area contributed by atoms with E-state index in [4.69, 9.17) is 5.11 Å². The van der Waals surface area contributed by atoms with Crippen molar-refractivity contribution in [2.45, 2.75) is 13.8 Å². The molecule has 0 saturated carbocycles. The number of nitrogens with zero attached hydrogens (tertiary/aromatic N) is 1. The molecule has 1 aromatic carbocycles. The van der Waals surface area contributed by atoms with Crippen molar-refractivity contribution in [3.05, 3.63) is 39.4 Å². The number of carboxylic acids is 1. The third-order valence-corrected chi connectivity index (χ3v) is 2.66. The number of carbonyl (C=O) groups excluding carboxylic acids is 1. The van der Waals surface area contributed by atoms with E-state index in [9.17, 15) is 19.7 Å². The van der Waals surface area contributed by atoms with Crippen LogP contribution >= 0.6 is 0 Å². The third-order valence-electron chi connectivity index (χ3n) is 2.66. The second-order valence-electron chi connectivity index (χ2n) is 4.18. The van der Waals surface area contributed by atoms with Crippen molar-refractivity contribution >= 4 is 17.6 Å². The summed E-state index contributed by atoms with van der Waals surface area (Å²) in [5.74, 6) is -2.44. The number of hydrogen-bond acceptors (Lipinski definition) is 4. The Hall–Kier alpha value is -2.44. The van der Waals surface area contributed by atoms with E-state index in [1.807, 2.05) is 0 Å². The number of amides is 1. The first kappa shape index (κ1) is 14.6. The number of carbonyl (C=O) groups is 2. The maximum atomic E-state index is 11.9. The summed E-state index contributed by atoms with van der Waals surface area (Å²) in [6.45, 7) is 2.94. The third kappa shape index (κ3) is 3.51. The van der Waals surface area contributed by atoms with Crippen LogP contribution in [0.1, 0.15) is 22.8 Å². The van der Waals surface area contributed by atoms with E-state index in [1.165, 1.54) is 19.1 Å². The molecule has 0 aliphatic carbocycles. The number of carboxylic acid groups (broad SMARTS) is 1. The van der Waals surface area contributed by atoms with Gasteiger partial charge in [0, 0.05) is 12.6 Å². The number of nitro benzene ring substituents is 1. The molecule has 1 unspecified atom stereocenters. The molecule has 1 amide bonds. The molecule has 0 aliphatic rings. The topological polar surface area (TPSA) is 110 Å². The zero-order valence-electron chi connectivity index (χ0n) is 10.5. The smallest absolute Gasteiger partial charge is 0.308 e. The van der Waals surface area contributed by atoms with Crippen LogP contribution in [0.4, 0.5) is 5.69 Å². The predicted octanol–water partition coefficient (Wildman–Crippen LogP) is 1.35. The summed E-state index contributed by atoms with van der Waals surface area (Å²) >= 11 is 0. The van der Waals surface area contributed by atoms with Crippen molar-refractivity contribution in [3.63, 3.8) is 0 Å². The maximum absolute atomic E-state index is 11.9. The van der Waals surface area contributed by atoms with Crippen molar-refractivity contribution in [1.82, 2.24) is 5.32 Å². The molecule has 0 aromatic heterocycles. The van der Waals surface area contributed by atoms with Crippen LogP contribution in [0.5, 0.6) is 0 Å². The maximum Gasteiger partial charge on any atom is 0.308 e. The summed E-state index contributed by atoms with van der Waals surface area (Å²) < 4.78 is 0. The number of aliphatic carboxylic acids is 1. The zero-order chi connectivity index (χ0) is 14.6. The Labute approximate surface area is 109 Å². The summed E-state index contributed by atoms with van der Waals surface area (Å²) in [6, 6.07) is 4.31. The van der Waals surface area contributed by atoms with Gasteiger partial charge < -0.3 is 10.4 Å². The van der Waals surface area contributed by atoms with Crippen molar-refractivity contribution in [1.29, 1.82) is 0 Å². The van der Waals surface area contributed by atoms with Gasteiger partial charge >= 0.3 is 5.97 Å². The van der Waals surface area contributed by atoms with Crippen molar-refractivity contribution in [2.24, 2.45) is 5.92 Å². The highest BCUT2D eigenvalue weighted by Gasteiger charge is 2.22. The van der Waals surface area contributed by atoms with Gasteiger partial charge in [-0.05, 0) is 12.5 Å². The van der Waals surface area contributed by atoms with E-state index in [0.29, 0.717) is 5.56 Å². The fourth-order valence-corrected chi connectivity index (χ4v) is 1.52. The van der Waals surface area contributed by atoms with Crippen molar-refractivity contribution < 1.29 is 19.6 Å². The van der Waals surface area contributed by atoms with Crippen LogP contribution in [0, 0.1) is 23.0 Å². The van der Waals surface area contributed by atoms with Gasteiger partial charge in [0.15, 0.2) is 0 Å². The average molecular weight is 266 g/mol. The molecule has 0 heterocycles. The monoisotopic (exact) mass is 266 g/mol. The van der Waals surface area contributed by atoms with E-state index in [-0.39, 0.29) is 17.8 Å². The summed E-state index contributed by atoms with van der Waals surface area (Å²) in [6.07, 6.45) is 0. The minimum absolute atomic E-state index is 0.0370. The van der Waals surface area contributed by atoms with Gasteiger partial charge in [-0.3, -0.25) is 19.7 Å². The minimum atomic E-state index is -1.04. The Morgan fingerprint density at radius 3 is 2.63 bits per heavy atom. The number of aryl methyl sites for hydroxylation is 1. The summed E-state index contributed by atoms with van der Waals surface area (Å²) in [4.78, 5) is 32.8. The number of hydrogen-bond donors (Lipinski definition) is 2. The van der Waals surface area contributed by atoms with E-state index in [0.717, 1.165) is 0 Å². The Morgan fingerprint density at radius 2 is 2.11 bits per heavy atom. The van der Waals surface area contributed by atoms with Crippen LogP contribution in [0.25, 0.3) is 0 Å². The lowest BCUT2D eigenvalue weighted by Crippen LogP contribution is -2.32. The zero-order valence-corrected chi connectivity index (χ0v) is 10.5. The van der Waals surface area contributed by atoms with Gasteiger partial charge in [-0.15, -0.1) is 0 Å². The molecule has 1 aromatic rings. The standard InChI is InChI=1S/C12H14N2O5/c1-7-4-3-5-9(14(18)19)10(7)11(15)13-6-8(2)12(16)17/h3-5,8H,6H2,1-2H3,(H,13,15)(H,16,17). The summed E-state index contributed by atoms with van der Waals surface area (Å²) in [5, 5.41) is 22.0. The highest BCUT2D eigenvalue weighted by atomic mass is 16.6. The lowest BCUT2D eigenvalue weighted by molar-refractivity contribution is -0.385. The number of benzene rings is 1. The van der Waals surface area contributed by atoms with Crippen molar-refractivity contribution in [2.75, 3.05) is 6.54 Å². The highest BCUT2D eigenvalue weighted by Crippen LogP contribution is 2.21. The predicted molar refractivity (Wildman–Crippen MR) is 67.0 cm³/mol. The molecule has 7 heteroatoms. The number of nitrogens with one attached hydrogen (secondary N) is 1. The van der Waals surface area contributed by atoms with Gasteiger partial charge in [-0.1, -0.05) is 19.1 Å². The van der Waals surface area contributed by atoms with Gasteiger partial charge in [0.25, 0.3) is 11.6 Å². The van der Waals surface area contributed by atoms with Crippen LogP contribution in [0.15, 0.2) is 18.2 Å². The molecule has 1 atom stereocenters. The minimum Gasteiger partial charge on any atom is -0.481 e. The average Bonchev–Trinajstić information content (AvgIpc) is 2.34. The van der Waals surface area contributed by atoms with Gasteiger partial charge in [0.05, 0.1) is 10.8 Å². The van der Waals surface area contributed by atoms with Crippen molar-refractivity contribution in [3.8, 4) is 0 Å². The van der Waals surface area contributed by atoms with E-state index in [1.54, 1.807) is 13.0 Å². The molecule has 1 rings (SSSR count). The lowest BCUT2D eigenvalue weighted by Gasteiger charge is -2.10. The van der Waals surface area contributed by atoms with Crippen LogP contribution in [-0.4, -0.2) is 28.5 Å². The molecular formula is C12H14N2O5. The van der Waals surface area contributed by atoms with Gasteiger partial charge in [0.2, 0.25) is 0 Å². The molecule has 7 nitrogen and oxygen atoms in total. The quantitative estimate of drug-likeness (QED) is 0.617. The molecule has 0 aliphatic heterocycles. The molecule has 2 N–H and O–H groups in total. The lowest BCUT2D eigenvalue weighted by atomic mass is 10.1. The van der Waals surface area contributed by atoms with Crippen LogP contribution in [-0.2, 0) is 4.79 Å². The summed E-state index contributed by atoms with van der Waals surface area (Å²) in [5.41, 5.74) is 0.139. The highest BCUT2D eigenvalue weighted by molar-refractivity contribution is 5.99. The first-order valence-electron chi connectivity index (χ1n) is 5.59. The Balaban J connectivity index is 2.94. The van der Waals surface area contributed by atoms with Gasteiger partial charge in [-0.25, -0.2) is 0 Å². The fourth-order valence-electron chi connectivity index (χ4n) is 1.52. The number of nitro groups is 1. The van der Waals surface area contributed by atoms with E-state index < -0.39 is 22.7 Å². The molecule has 19 heavy (non-hydrogen) atoms. The second kappa shape index (κ2) is 5.94. The Morgan fingerprint density at radius 1 is 1.47 bits per heavy atom. The molecule has 0 spiro atoms. The van der Waals surface area contributed by atoms with Gasteiger partial charge in [-0.2, -0.15) is 0 Å². The number of rotatable bonds is 5. The molecule has 0 fully saturated rings. The molecule has 102 valence electrons. The largest absolute Gasteiger partial charge is 0.481 e. The van der Waals surface area contributed by atoms with E-state index >= 15 is 0 Å². The molecular weight excluding hydrogens is 252 g/mol. The van der Waals surface area contributed by atoms with E-state index in [2.05, 4.69) is 5.32 Å². The normalized spacial score (nSPS) is 11.7. The van der Waals surface area contributed by atoms with Crippen LogP contribution in [0.3, 0.4) is 0 Å². The second-order valence-corrected chi connectivity index (χ2v) is 4.18. The molecule has 0 radical (unpaired) electrons. The Kier molecular flexibility index (Phi) is 4.57. The summed E-state index contributed by atoms with van der Waals surface area (Å²) in [7, 11) is 0. The first-order chi connectivity index (χ1) is 8.84. The molecule has 0 bridgehead atoms. The fraction of sp³-hybridized carbons (Fsp3) is 0.333. The SMILES string of the molecule is Cc1cccc([N+](=O)[O-])c1C(=O)NCC(C)C(=O)O. The van der Waals surface area contributed by atoms with Crippen LogP contribution in [0.2, 0.25) is 0 Å². The Bertz CT molecular complexity index is 527. The van der Waals surface area contributed by atoms with Crippen LogP contribution < -0.4 is 5.32 Å². The van der Waals surface area contributed by atoms with Gasteiger partial charge in [0.1, 0.15) is 5.56 Å². The molecule has 0 saturated heterocycles.